The Morgan fingerprint density at radius 3 is 2.46 bits per heavy atom. The van der Waals surface area contributed by atoms with Gasteiger partial charge in [0, 0.05) is 17.4 Å². The molecule has 0 fully saturated rings. The molecule has 3 aromatic rings. The SMILES string of the molecule is COc1ccc(NS(=O)(=O)c2cccc(C(=O)Nc3ncccc3C)c2)cc1. The number of carbonyl (C=O) groups excluding carboxylic acids is 1. The Kier molecular flexibility index (Phi) is 5.60. The monoisotopic (exact) mass is 397 g/mol. The van der Waals surface area contributed by atoms with Crippen molar-refractivity contribution in [3.05, 3.63) is 78.0 Å². The van der Waals surface area contributed by atoms with E-state index >= 15 is 0 Å². The summed E-state index contributed by atoms with van der Waals surface area (Å²) in [5, 5.41) is 2.69. The van der Waals surface area contributed by atoms with Crippen molar-refractivity contribution >= 4 is 27.4 Å². The Balaban J connectivity index is 1.81. The van der Waals surface area contributed by atoms with Crippen molar-refractivity contribution in [2.75, 3.05) is 17.1 Å². The molecule has 0 atom stereocenters. The van der Waals surface area contributed by atoms with Crippen molar-refractivity contribution in [2.45, 2.75) is 11.8 Å². The minimum absolute atomic E-state index is 0.0197. The van der Waals surface area contributed by atoms with Crippen LogP contribution in [-0.2, 0) is 10.0 Å². The molecule has 0 unspecified atom stereocenters. The van der Waals surface area contributed by atoms with Gasteiger partial charge < -0.3 is 10.1 Å². The zero-order chi connectivity index (χ0) is 20.1. The summed E-state index contributed by atoms with van der Waals surface area (Å²) in [5.74, 6) is 0.604. The Morgan fingerprint density at radius 1 is 1.04 bits per heavy atom. The van der Waals surface area contributed by atoms with Crippen molar-refractivity contribution in [3.63, 3.8) is 0 Å². The standard InChI is InChI=1S/C20H19N3O4S/c1-14-5-4-12-21-19(14)22-20(24)15-6-3-7-18(13-15)28(25,26)23-16-8-10-17(27-2)11-9-16/h3-13,23H,1-2H3,(H,21,22,24). The smallest absolute Gasteiger partial charge is 0.261 e. The fourth-order valence-electron chi connectivity index (χ4n) is 2.47. The Labute approximate surface area is 163 Å². The third-order valence-corrected chi connectivity index (χ3v) is 5.37. The molecule has 0 saturated carbocycles. The summed E-state index contributed by atoms with van der Waals surface area (Å²) in [7, 11) is -2.33. The van der Waals surface area contributed by atoms with Crippen LogP contribution >= 0.6 is 0 Å². The van der Waals surface area contributed by atoms with Crippen molar-refractivity contribution < 1.29 is 17.9 Å². The van der Waals surface area contributed by atoms with Gasteiger partial charge in [-0.2, -0.15) is 0 Å². The first-order valence-corrected chi connectivity index (χ1v) is 9.87. The third-order valence-electron chi connectivity index (χ3n) is 3.99. The van der Waals surface area contributed by atoms with E-state index in [0.717, 1.165) is 5.56 Å². The summed E-state index contributed by atoms with van der Waals surface area (Å²) in [6.07, 6.45) is 1.57. The number of aryl methyl sites for hydroxylation is 1. The largest absolute Gasteiger partial charge is 0.497 e. The third kappa shape index (κ3) is 4.47. The minimum Gasteiger partial charge on any atom is -0.497 e. The molecule has 0 saturated heterocycles. The molecule has 0 radical (unpaired) electrons. The lowest BCUT2D eigenvalue weighted by atomic mass is 10.2. The van der Waals surface area contributed by atoms with E-state index in [1.165, 1.54) is 25.3 Å². The lowest BCUT2D eigenvalue weighted by Crippen LogP contribution is -2.16. The zero-order valence-electron chi connectivity index (χ0n) is 15.3. The molecule has 8 heteroatoms. The van der Waals surface area contributed by atoms with Crippen LogP contribution in [0.5, 0.6) is 5.75 Å². The maximum atomic E-state index is 12.7. The van der Waals surface area contributed by atoms with Crippen LogP contribution in [0.15, 0.2) is 71.8 Å². The van der Waals surface area contributed by atoms with Crippen LogP contribution in [0.2, 0.25) is 0 Å². The molecule has 2 N–H and O–H groups in total. The highest BCUT2D eigenvalue weighted by molar-refractivity contribution is 7.92. The number of anilines is 2. The second kappa shape index (κ2) is 8.10. The molecule has 1 heterocycles. The molecule has 0 aliphatic carbocycles. The highest BCUT2D eigenvalue weighted by Gasteiger charge is 2.17. The molecular weight excluding hydrogens is 378 g/mol. The van der Waals surface area contributed by atoms with Crippen molar-refractivity contribution in [2.24, 2.45) is 0 Å². The number of rotatable bonds is 6. The number of sulfonamides is 1. The van der Waals surface area contributed by atoms with Gasteiger partial charge in [-0.1, -0.05) is 12.1 Å². The van der Waals surface area contributed by atoms with Crippen LogP contribution in [0.3, 0.4) is 0 Å². The van der Waals surface area contributed by atoms with Crippen LogP contribution in [0.25, 0.3) is 0 Å². The number of aromatic nitrogens is 1. The van der Waals surface area contributed by atoms with Gasteiger partial charge in [-0.05, 0) is 61.0 Å². The highest BCUT2D eigenvalue weighted by Crippen LogP contribution is 2.20. The van der Waals surface area contributed by atoms with E-state index in [1.807, 2.05) is 13.0 Å². The average Bonchev–Trinajstić information content (AvgIpc) is 2.70. The van der Waals surface area contributed by atoms with E-state index in [2.05, 4.69) is 15.0 Å². The first-order valence-electron chi connectivity index (χ1n) is 8.39. The molecule has 0 aliphatic rings. The number of ether oxygens (including phenoxy) is 1. The van der Waals surface area contributed by atoms with Gasteiger partial charge in [0.25, 0.3) is 15.9 Å². The van der Waals surface area contributed by atoms with Gasteiger partial charge >= 0.3 is 0 Å². The molecule has 7 nitrogen and oxygen atoms in total. The number of nitrogens with zero attached hydrogens (tertiary/aromatic N) is 1. The molecule has 1 aromatic heterocycles. The predicted octanol–water partition coefficient (Wildman–Crippen LogP) is 3.45. The first kappa shape index (κ1) is 19.4. The lowest BCUT2D eigenvalue weighted by molar-refractivity contribution is 0.102. The highest BCUT2D eigenvalue weighted by atomic mass is 32.2. The van der Waals surface area contributed by atoms with Crippen LogP contribution in [-0.4, -0.2) is 26.4 Å². The Morgan fingerprint density at radius 2 is 1.79 bits per heavy atom. The van der Waals surface area contributed by atoms with Crippen molar-refractivity contribution in [1.29, 1.82) is 0 Å². The fourth-order valence-corrected chi connectivity index (χ4v) is 3.58. The van der Waals surface area contributed by atoms with Crippen LogP contribution < -0.4 is 14.8 Å². The predicted molar refractivity (Wildman–Crippen MR) is 107 cm³/mol. The molecule has 1 amide bonds. The number of hydrogen-bond acceptors (Lipinski definition) is 5. The van der Waals surface area contributed by atoms with Crippen LogP contribution in [0.4, 0.5) is 11.5 Å². The van der Waals surface area contributed by atoms with E-state index in [0.29, 0.717) is 17.3 Å². The van der Waals surface area contributed by atoms with Gasteiger partial charge in [-0.15, -0.1) is 0 Å². The van der Waals surface area contributed by atoms with Gasteiger partial charge in [0.2, 0.25) is 0 Å². The molecular formula is C20H19N3O4S. The second-order valence-corrected chi connectivity index (χ2v) is 7.67. The molecule has 0 bridgehead atoms. The number of nitrogens with one attached hydrogen (secondary N) is 2. The fraction of sp³-hybridized carbons (Fsp3) is 0.100. The molecule has 3 rings (SSSR count). The summed E-state index contributed by atoms with van der Waals surface area (Å²) in [5.41, 5.74) is 1.41. The second-order valence-electron chi connectivity index (χ2n) is 5.98. The van der Waals surface area contributed by atoms with E-state index in [1.54, 1.807) is 42.6 Å². The van der Waals surface area contributed by atoms with E-state index in [4.69, 9.17) is 4.74 Å². The van der Waals surface area contributed by atoms with Crippen LogP contribution in [0.1, 0.15) is 15.9 Å². The number of methoxy groups -OCH3 is 1. The number of benzene rings is 2. The van der Waals surface area contributed by atoms with Gasteiger partial charge in [-0.25, -0.2) is 13.4 Å². The molecule has 2 aromatic carbocycles. The van der Waals surface area contributed by atoms with E-state index in [9.17, 15) is 13.2 Å². The Bertz CT molecular complexity index is 1100. The minimum atomic E-state index is -3.86. The summed E-state index contributed by atoms with van der Waals surface area (Å²) in [4.78, 5) is 16.6. The lowest BCUT2D eigenvalue weighted by Gasteiger charge is -2.11. The maximum absolute atomic E-state index is 12.7. The number of amides is 1. The van der Waals surface area contributed by atoms with Gasteiger partial charge in [-0.3, -0.25) is 9.52 Å². The number of hydrogen-bond donors (Lipinski definition) is 2. The molecule has 144 valence electrons. The van der Waals surface area contributed by atoms with Crippen molar-refractivity contribution in [3.8, 4) is 5.75 Å². The summed E-state index contributed by atoms with van der Waals surface area (Å²) in [6.45, 7) is 1.82. The van der Waals surface area contributed by atoms with Crippen LogP contribution in [0, 0.1) is 6.92 Å². The quantitative estimate of drug-likeness (QED) is 0.664. The number of pyridine rings is 1. The molecule has 0 aliphatic heterocycles. The molecule has 28 heavy (non-hydrogen) atoms. The topological polar surface area (TPSA) is 97.4 Å². The summed E-state index contributed by atoms with van der Waals surface area (Å²) < 4.78 is 32.9. The van der Waals surface area contributed by atoms with E-state index < -0.39 is 15.9 Å². The van der Waals surface area contributed by atoms with Gasteiger partial charge in [0.15, 0.2) is 0 Å². The average molecular weight is 397 g/mol. The van der Waals surface area contributed by atoms with Gasteiger partial charge in [0.1, 0.15) is 11.6 Å². The molecule has 0 spiro atoms. The zero-order valence-corrected chi connectivity index (χ0v) is 16.2. The van der Waals surface area contributed by atoms with Crippen molar-refractivity contribution in [1.82, 2.24) is 4.98 Å². The maximum Gasteiger partial charge on any atom is 0.261 e. The normalized spacial score (nSPS) is 10.9. The van der Waals surface area contributed by atoms with E-state index in [-0.39, 0.29) is 10.5 Å². The summed E-state index contributed by atoms with van der Waals surface area (Å²) >= 11 is 0. The van der Waals surface area contributed by atoms with Gasteiger partial charge in [0.05, 0.1) is 12.0 Å². The first-order chi connectivity index (χ1) is 13.4. The summed E-state index contributed by atoms with van der Waals surface area (Å²) in [6, 6.07) is 15.9. The Hall–Kier alpha value is -3.39. The number of carbonyl (C=O) groups is 1.